The Hall–Kier alpha value is -3.50. The van der Waals surface area contributed by atoms with Crippen LogP contribution in [0.2, 0.25) is 0 Å². The Morgan fingerprint density at radius 1 is 0.296 bits per heavy atom. The number of hydrogen-bond acceptors (Lipinski definition) is 15. The predicted molar refractivity (Wildman–Crippen MR) is 400 cm³/mol. The maximum atomic E-state index is 13.1. The minimum absolute atomic E-state index is 0.0755. The maximum Gasteiger partial charge on any atom is 0.472 e. The Bertz CT molecular complexity index is 2140. The molecule has 0 aliphatic carbocycles. The topological polar surface area (TPSA) is 237 Å². The molecule has 0 aromatic rings. The van der Waals surface area contributed by atoms with Gasteiger partial charge in [0.05, 0.1) is 26.4 Å². The van der Waals surface area contributed by atoms with E-state index in [1.807, 2.05) is 0 Å². The summed E-state index contributed by atoms with van der Waals surface area (Å²) in [6, 6.07) is 0. The number of aliphatic hydroxyl groups is 1. The third-order valence-electron chi connectivity index (χ3n) is 16.7. The number of phosphoric ester groups is 2. The van der Waals surface area contributed by atoms with Gasteiger partial charge in [-0.05, 0) is 89.9 Å². The summed E-state index contributed by atoms with van der Waals surface area (Å²) in [6.07, 6.45) is 71.7. The second-order valence-corrected chi connectivity index (χ2v) is 29.2. The molecule has 0 aliphatic heterocycles. The van der Waals surface area contributed by atoms with Crippen molar-refractivity contribution < 1.29 is 80.2 Å². The van der Waals surface area contributed by atoms with Gasteiger partial charge in [0.25, 0.3) is 0 Å². The van der Waals surface area contributed by atoms with E-state index in [1.54, 1.807) is 0 Å². The molecule has 5 unspecified atom stereocenters. The van der Waals surface area contributed by atoms with Crippen molar-refractivity contribution in [3.63, 3.8) is 0 Å². The van der Waals surface area contributed by atoms with Crippen molar-refractivity contribution in [1.82, 2.24) is 0 Å². The number of esters is 4. The average molecular weight is 1430 g/mol. The fourth-order valence-electron chi connectivity index (χ4n) is 10.8. The molecule has 0 saturated carbocycles. The zero-order valence-electron chi connectivity index (χ0n) is 62.2. The van der Waals surface area contributed by atoms with Crippen LogP contribution in [0.4, 0.5) is 0 Å². The number of carbonyl (C=O) groups is 4. The van der Waals surface area contributed by atoms with Gasteiger partial charge in [-0.25, -0.2) is 9.13 Å². The number of unbranched alkanes of at least 4 members (excludes halogenated alkanes) is 36. The van der Waals surface area contributed by atoms with Gasteiger partial charge in [0.1, 0.15) is 19.3 Å². The fraction of sp³-hybridized carbons (Fsp3) is 0.797. The highest BCUT2D eigenvalue weighted by Crippen LogP contribution is 2.45. The normalized spacial score (nSPS) is 14.3. The highest BCUT2D eigenvalue weighted by molar-refractivity contribution is 7.47. The van der Waals surface area contributed by atoms with E-state index in [1.165, 1.54) is 109 Å². The molecule has 570 valence electrons. The summed E-state index contributed by atoms with van der Waals surface area (Å²) in [5.41, 5.74) is 0. The second kappa shape index (κ2) is 71.9. The zero-order valence-corrected chi connectivity index (χ0v) is 64.0. The van der Waals surface area contributed by atoms with Crippen LogP contribution in [0, 0.1) is 0 Å². The summed E-state index contributed by atoms with van der Waals surface area (Å²) in [5.74, 6) is -2.17. The van der Waals surface area contributed by atoms with Crippen LogP contribution >= 0.6 is 15.6 Å². The summed E-state index contributed by atoms with van der Waals surface area (Å²) in [4.78, 5) is 72.9. The van der Waals surface area contributed by atoms with Crippen molar-refractivity contribution in [1.29, 1.82) is 0 Å². The van der Waals surface area contributed by atoms with Crippen LogP contribution in [-0.2, 0) is 65.4 Å². The number of hydrogen-bond donors (Lipinski definition) is 3. The molecule has 0 aromatic heterocycles. The lowest BCUT2D eigenvalue weighted by Crippen LogP contribution is -2.30. The third-order valence-corrected chi connectivity index (χ3v) is 18.6. The van der Waals surface area contributed by atoms with Crippen LogP contribution in [-0.4, -0.2) is 96.7 Å². The molecule has 98 heavy (non-hydrogen) atoms. The van der Waals surface area contributed by atoms with E-state index in [2.05, 4.69) is 101 Å². The van der Waals surface area contributed by atoms with Gasteiger partial charge < -0.3 is 33.8 Å². The highest BCUT2D eigenvalue weighted by atomic mass is 31.2. The minimum Gasteiger partial charge on any atom is -0.462 e. The van der Waals surface area contributed by atoms with E-state index >= 15 is 0 Å². The molecule has 0 saturated heterocycles. The van der Waals surface area contributed by atoms with E-state index in [4.69, 9.17) is 37.0 Å². The van der Waals surface area contributed by atoms with Crippen molar-refractivity contribution in [2.45, 2.75) is 367 Å². The molecule has 0 spiro atoms. The van der Waals surface area contributed by atoms with Gasteiger partial charge in [-0.1, -0.05) is 306 Å². The van der Waals surface area contributed by atoms with Gasteiger partial charge in [-0.3, -0.25) is 37.3 Å². The molecule has 19 heteroatoms. The highest BCUT2D eigenvalue weighted by Gasteiger charge is 2.30. The minimum atomic E-state index is -4.98. The van der Waals surface area contributed by atoms with Crippen molar-refractivity contribution in [2.24, 2.45) is 0 Å². The third kappa shape index (κ3) is 70.9. The Balaban J connectivity index is 5.33. The van der Waals surface area contributed by atoms with E-state index in [0.29, 0.717) is 25.7 Å². The SMILES string of the molecule is CC/C=C\C/C=C\C/C=C\CCCCCCCCCC(=O)OCC(COP(=O)(O)OCC(O)COP(=O)(O)OCC(COC(=O)CCCCCCCCCCCCCCC)OC(=O)CCCCCCCCCCCCCCC)OC(=O)CCCCCCC/C=C\C/C=C\C/C=C\CC. The first kappa shape index (κ1) is 94.5. The molecule has 0 aliphatic rings. The monoisotopic (exact) mass is 1420 g/mol. The molecule has 0 rings (SSSR count). The van der Waals surface area contributed by atoms with Crippen molar-refractivity contribution >= 4 is 39.5 Å². The maximum absolute atomic E-state index is 13.1. The van der Waals surface area contributed by atoms with Crippen LogP contribution in [0.3, 0.4) is 0 Å². The Morgan fingerprint density at radius 3 is 0.816 bits per heavy atom. The van der Waals surface area contributed by atoms with Gasteiger partial charge in [-0.15, -0.1) is 0 Å². The Labute approximate surface area is 596 Å². The number of phosphoric acid groups is 2. The molecule has 5 atom stereocenters. The van der Waals surface area contributed by atoms with Crippen LogP contribution < -0.4 is 0 Å². The van der Waals surface area contributed by atoms with Crippen molar-refractivity contribution in [3.8, 4) is 0 Å². The molecule has 17 nitrogen and oxygen atoms in total. The molecule has 0 fully saturated rings. The summed E-state index contributed by atoms with van der Waals surface area (Å²) in [5, 5.41) is 10.6. The molecule has 0 radical (unpaired) electrons. The first-order chi connectivity index (χ1) is 47.7. The van der Waals surface area contributed by atoms with Gasteiger partial charge in [0.2, 0.25) is 0 Å². The predicted octanol–water partition coefficient (Wildman–Crippen LogP) is 22.4. The summed E-state index contributed by atoms with van der Waals surface area (Å²) >= 11 is 0. The Morgan fingerprint density at radius 2 is 0.531 bits per heavy atom. The molecular weight excluding hydrogens is 1280 g/mol. The quantitative estimate of drug-likeness (QED) is 0.0169. The van der Waals surface area contributed by atoms with Crippen LogP contribution in [0.15, 0.2) is 72.9 Å². The first-order valence-electron chi connectivity index (χ1n) is 39.2. The summed E-state index contributed by atoms with van der Waals surface area (Å²) in [6.45, 7) is 4.68. The molecule has 0 heterocycles. The zero-order chi connectivity index (χ0) is 71.8. The molecular formula is C79H142O17P2. The molecule has 0 bridgehead atoms. The lowest BCUT2D eigenvalue weighted by Gasteiger charge is -2.21. The van der Waals surface area contributed by atoms with Gasteiger partial charge in [-0.2, -0.15) is 0 Å². The summed E-state index contributed by atoms with van der Waals surface area (Å²) in [7, 11) is -9.94. The van der Waals surface area contributed by atoms with Crippen molar-refractivity contribution in [2.75, 3.05) is 39.6 Å². The average Bonchev–Trinajstić information content (AvgIpc) is 1.05. The van der Waals surface area contributed by atoms with Crippen LogP contribution in [0.25, 0.3) is 0 Å². The van der Waals surface area contributed by atoms with Gasteiger partial charge in [0, 0.05) is 25.7 Å². The van der Waals surface area contributed by atoms with E-state index in [0.717, 1.165) is 161 Å². The molecule has 0 aromatic carbocycles. The van der Waals surface area contributed by atoms with Crippen LogP contribution in [0.5, 0.6) is 0 Å². The smallest absolute Gasteiger partial charge is 0.462 e. The first-order valence-corrected chi connectivity index (χ1v) is 42.2. The Kier molecular flexibility index (Phi) is 69.3. The fourth-order valence-corrected chi connectivity index (χ4v) is 12.4. The number of rotatable bonds is 74. The van der Waals surface area contributed by atoms with E-state index in [9.17, 15) is 43.2 Å². The second-order valence-electron chi connectivity index (χ2n) is 26.3. The largest absolute Gasteiger partial charge is 0.472 e. The number of allylic oxidation sites excluding steroid dienone is 12. The molecule has 3 N–H and O–H groups in total. The van der Waals surface area contributed by atoms with E-state index < -0.39 is 97.5 Å². The van der Waals surface area contributed by atoms with Crippen molar-refractivity contribution in [3.05, 3.63) is 72.9 Å². The van der Waals surface area contributed by atoms with Crippen LogP contribution in [0.1, 0.15) is 349 Å². The number of carbonyl (C=O) groups excluding carboxylic acids is 4. The van der Waals surface area contributed by atoms with E-state index in [-0.39, 0.29) is 25.7 Å². The van der Waals surface area contributed by atoms with Gasteiger partial charge in [0.15, 0.2) is 12.2 Å². The molecule has 0 amide bonds. The standard InChI is InChI=1S/C79H142O17P2/c1-5-9-13-17-21-25-29-33-35-36-38-41-44-48-52-56-60-64-77(82)90-70-75(96-79(84)66-62-58-54-50-46-42-37-34-30-26-22-18-14-10-6-2)72-94-98(87,88)92-68-73(80)67-91-97(85,86)93-71-74(95-78(83)65-61-57-53-49-45-40-32-28-24-20-16-12-8-4)69-89-76(81)63-59-55-51-47-43-39-31-27-23-19-15-11-7-3/h9-10,13-14,21-22,25-26,33-35,37,73-75,80H,5-8,11-12,15-20,23-24,27-32,36,38-72H2,1-4H3,(H,85,86)(H,87,88)/b13-9-,14-10-,25-21-,26-22-,35-33-,37-34-. The van der Waals surface area contributed by atoms with Gasteiger partial charge >= 0.3 is 39.5 Å². The summed E-state index contributed by atoms with van der Waals surface area (Å²) < 4.78 is 68.5. The number of ether oxygens (including phenoxy) is 4. The lowest BCUT2D eigenvalue weighted by molar-refractivity contribution is -0.161. The number of aliphatic hydroxyl groups excluding tert-OH is 1. The lowest BCUT2D eigenvalue weighted by atomic mass is 10.0.